The third-order valence-corrected chi connectivity index (χ3v) is 5.43. The van der Waals surface area contributed by atoms with E-state index >= 15 is 0 Å². The second-order valence-corrected chi connectivity index (χ2v) is 7.55. The molecular weight excluding hydrogens is 390 g/mol. The molecule has 1 unspecified atom stereocenters. The molecule has 2 amide bonds. The number of carboxylic acid groups (broad SMARTS) is 1. The molecule has 2 N–H and O–H groups in total. The van der Waals surface area contributed by atoms with Crippen molar-refractivity contribution in [1.29, 1.82) is 0 Å². The van der Waals surface area contributed by atoms with Crippen LogP contribution in [0.25, 0.3) is 0 Å². The van der Waals surface area contributed by atoms with Crippen molar-refractivity contribution >= 4 is 23.6 Å². The number of benzene rings is 2. The Hall–Kier alpha value is -2.57. The van der Waals surface area contributed by atoms with Gasteiger partial charge in [-0.05, 0) is 29.7 Å². The van der Waals surface area contributed by atoms with Crippen LogP contribution in [-0.4, -0.2) is 59.6 Å². The number of nitrogens with zero attached hydrogens (tertiary/aromatic N) is 2. The normalized spacial score (nSPS) is 15.7. The predicted molar refractivity (Wildman–Crippen MR) is 113 cm³/mol. The average molecular weight is 416 g/mol. The summed E-state index contributed by atoms with van der Waals surface area (Å²) in [6.45, 7) is 3.19. The number of piperazine rings is 1. The molecule has 0 aliphatic carbocycles. The molecule has 1 heterocycles. The lowest BCUT2D eigenvalue weighted by atomic mass is 9.96. The quantitative estimate of drug-likeness (QED) is 0.677. The summed E-state index contributed by atoms with van der Waals surface area (Å²) in [5, 5.41) is 11.6. The monoisotopic (exact) mass is 415 g/mol. The van der Waals surface area contributed by atoms with Crippen molar-refractivity contribution < 1.29 is 14.7 Å². The lowest BCUT2D eigenvalue weighted by Gasteiger charge is -2.40. The SMILES string of the molecule is O=C(O)NCCCC(=O)N1CCN(C(c2ccccc2)c2ccc(Cl)cc2)CC1. The Kier molecular flexibility index (Phi) is 7.49. The Labute approximate surface area is 176 Å². The Morgan fingerprint density at radius 2 is 1.59 bits per heavy atom. The number of nitrogens with one attached hydrogen (secondary N) is 1. The second kappa shape index (κ2) is 10.3. The summed E-state index contributed by atoms with van der Waals surface area (Å²) < 4.78 is 0. The highest BCUT2D eigenvalue weighted by molar-refractivity contribution is 6.30. The molecular formula is C22H26ClN3O3. The van der Waals surface area contributed by atoms with E-state index in [0.29, 0.717) is 37.5 Å². The lowest BCUT2D eigenvalue weighted by Crippen LogP contribution is -2.49. The van der Waals surface area contributed by atoms with E-state index < -0.39 is 6.09 Å². The minimum Gasteiger partial charge on any atom is -0.465 e. The molecule has 0 spiro atoms. The first kappa shape index (κ1) is 21.1. The van der Waals surface area contributed by atoms with Crippen LogP contribution in [0.3, 0.4) is 0 Å². The van der Waals surface area contributed by atoms with Gasteiger partial charge in [0.05, 0.1) is 6.04 Å². The van der Waals surface area contributed by atoms with E-state index in [0.717, 1.165) is 13.1 Å². The zero-order valence-electron chi connectivity index (χ0n) is 16.3. The molecule has 1 fully saturated rings. The van der Waals surface area contributed by atoms with E-state index in [1.54, 1.807) is 0 Å². The molecule has 7 heteroatoms. The molecule has 0 radical (unpaired) electrons. The highest BCUT2D eigenvalue weighted by Gasteiger charge is 2.27. The van der Waals surface area contributed by atoms with Crippen LogP contribution in [0.15, 0.2) is 54.6 Å². The van der Waals surface area contributed by atoms with Crippen LogP contribution in [-0.2, 0) is 4.79 Å². The predicted octanol–water partition coefficient (Wildman–Crippen LogP) is 3.62. The van der Waals surface area contributed by atoms with Gasteiger partial charge in [-0.25, -0.2) is 4.79 Å². The molecule has 1 aliphatic heterocycles. The third kappa shape index (κ3) is 5.95. The topological polar surface area (TPSA) is 72.9 Å². The fraction of sp³-hybridized carbons (Fsp3) is 0.364. The molecule has 2 aromatic rings. The first-order chi connectivity index (χ1) is 14.0. The van der Waals surface area contributed by atoms with Gasteiger partial charge in [0.2, 0.25) is 5.91 Å². The first-order valence-corrected chi connectivity index (χ1v) is 10.2. The summed E-state index contributed by atoms with van der Waals surface area (Å²) in [6.07, 6.45) is -0.178. The summed E-state index contributed by atoms with van der Waals surface area (Å²) >= 11 is 6.08. The molecule has 29 heavy (non-hydrogen) atoms. The minimum absolute atomic E-state index is 0.0830. The Bertz CT molecular complexity index is 806. The maximum absolute atomic E-state index is 12.4. The van der Waals surface area contributed by atoms with Gasteiger partial charge in [0, 0.05) is 44.2 Å². The highest BCUT2D eigenvalue weighted by Crippen LogP contribution is 2.30. The van der Waals surface area contributed by atoms with E-state index in [1.165, 1.54) is 11.1 Å². The van der Waals surface area contributed by atoms with Gasteiger partial charge in [-0.2, -0.15) is 0 Å². The Balaban J connectivity index is 1.62. The summed E-state index contributed by atoms with van der Waals surface area (Å²) in [5.74, 6) is 0.0830. The summed E-state index contributed by atoms with van der Waals surface area (Å²) in [5.41, 5.74) is 2.40. The minimum atomic E-state index is -1.06. The molecule has 0 aromatic heterocycles. The van der Waals surface area contributed by atoms with E-state index in [4.69, 9.17) is 16.7 Å². The van der Waals surface area contributed by atoms with Crippen LogP contribution in [0.2, 0.25) is 5.02 Å². The van der Waals surface area contributed by atoms with E-state index in [-0.39, 0.29) is 11.9 Å². The zero-order chi connectivity index (χ0) is 20.6. The maximum atomic E-state index is 12.4. The number of carbonyl (C=O) groups excluding carboxylic acids is 1. The van der Waals surface area contributed by atoms with Crippen molar-refractivity contribution in [1.82, 2.24) is 15.1 Å². The summed E-state index contributed by atoms with van der Waals surface area (Å²) in [4.78, 5) is 27.2. The van der Waals surface area contributed by atoms with Gasteiger partial charge in [0.25, 0.3) is 0 Å². The third-order valence-electron chi connectivity index (χ3n) is 5.18. The Morgan fingerprint density at radius 3 is 2.21 bits per heavy atom. The standard InChI is InChI=1S/C22H26ClN3O3/c23-19-10-8-18(9-11-19)21(17-5-2-1-3-6-17)26-15-13-25(14-16-26)20(27)7-4-12-24-22(28)29/h1-3,5-6,8-11,21,24H,4,7,12-16H2,(H,28,29). The molecule has 3 rings (SSSR count). The molecule has 1 atom stereocenters. The molecule has 1 saturated heterocycles. The van der Waals surface area contributed by atoms with Crippen LogP contribution in [0.5, 0.6) is 0 Å². The lowest BCUT2D eigenvalue weighted by molar-refractivity contribution is -0.133. The average Bonchev–Trinajstić information content (AvgIpc) is 2.74. The fourth-order valence-corrected chi connectivity index (χ4v) is 3.84. The first-order valence-electron chi connectivity index (χ1n) is 9.83. The largest absolute Gasteiger partial charge is 0.465 e. The van der Waals surface area contributed by atoms with Gasteiger partial charge in [0.15, 0.2) is 0 Å². The summed E-state index contributed by atoms with van der Waals surface area (Å²) in [7, 11) is 0. The van der Waals surface area contributed by atoms with Crippen molar-refractivity contribution in [2.24, 2.45) is 0 Å². The number of hydrogen-bond acceptors (Lipinski definition) is 3. The zero-order valence-corrected chi connectivity index (χ0v) is 17.0. The smallest absolute Gasteiger partial charge is 0.404 e. The van der Waals surface area contributed by atoms with Crippen molar-refractivity contribution in [3.8, 4) is 0 Å². The number of halogens is 1. The van der Waals surface area contributed by atoms with Crippen LogP contribution in [0.1, 0.15) is 30.0 Å². The van der Waals surface area contributed by atoms with Crippen molar-refractivity contribution in [3.63, 3.8) is 0 Å². The fourth-order valence-electron chi connectivity index (χ4n) is 3.72. The summed E-state index contributed by atoms with van der Waals surface area (Å²) in [6, 6.07) is 18.4. The maximum Gasteiger partial charge on any atom is 0.404 e. The van der Waals surface area contributed by atoms with Gasteiger partial charge in [-0.1, -0.05) is 54.1 Å². The van der Waals surface area contributed by atoms with Crippen molar-refractivity contribution in [3.05, 3.63) is 70.7 Å². The van der Waals surface area contributed by atoms with Crippen LogP contribution < -0.4 is 5.32 Å². The van der Waals surface area contributed by atoms with E-state index in [2.05, 4.69) is 34.5 Å². The van der Waals surface area contributed by atoms with Gasteiger partial charge < -0.3 is 15.3 Å². The van der Waals surface area contributed by atoms with Crippen LogP contribution in [0, 0.1) is 0 Å². The van der Waals surface area contributed by atoms with Gasteiger partial charge >= 0.3 is 6.09 Å². The van der Waals surface area contributed by atoms with Crippen LogP contribution in [0.4, 0.5) is 4.79 Å². The molecule has 0 bridgehead atoms. The van der Waals surface area contributed by atoms with E-state index in [1.807, 2.05) is 35.2 Å². The number of hydrogen-bond donors (Lipinski definition) is 2. The van der Waals surface area contributed by atoms with Crippen LogP contribution >= 0.6 is 11.6 Å². The highest BCUT2D eigenvalue weighted by atomic mass is 35.5. The van der Waals surface area contributed by atoms with Gasteiger partial charge in [0.1, 0.15) is 0 Å². The van der Waals surface area contributed by atoms with Gasteiger partial charge in [-0.3, -0.25) is 9.69 Å². The molecule has 2 aromatic carbocycles. The van der Waals surface area contributed by atoms with E-state index in [9.17, 15) is 9.59 Å². The molecule has 0 saturated carbocycles. The van der Waals surface area contributed by atoms with Crippen molar-refractivity contribution in [2.45, 2.75) is 18.9 Å². The molecule has 1 aliphatic rings. The molecule has 6 nitrogen and oxygen atoms in total. The Morgan fingerprint density at radius 1 is 0.966 bits per heavy atom. The number of rotatable bonds is 7. The number of carbonyl (C=O) groups is 2. The number of amides is 2. The molecule has 154 valence electrons. The van der Waals surface area contributed by atoms with Crippen molar-refractivity contribution in [2.75, 3.05) is 32.7 Å². The van der Waals surface area contributed by atoms with Gasteiger partial charge in [-0.15, -0.1) is 0 Å². The second-order valence-electron chi connectivity index (χ2n) is 7.12.